The quantitative estimate of drug-likeness (QED) is 0.439. The maximum absolute atomic E-state index is 11.7. The number of esters is 1. The van der Waals surface area contributed by atoms with Crippen molar-refractivity contribution in [1.29, 1.82) is 0 Å². The van der Waals surface area contributed by atoms with Crippen LogP contribution in [-0.4, -0.2) is 19.7 Å². The van der Waals surface area contributed by atoms with Crippen molar-refractivity contribution in [3.8, 4) is 5.75 Å². The predicted molar refractivity (Wildman–Crippen MR) is 72.4 cm³/mol. The van der Waals surface area contributed by atoms with E-state index in [4.69, 9.17) is 9.47 Å². The van der Waals surface area contributed by atoms with E-state index in [1.54, 1.807) is 26.2 Å². The van der Waals surface area contributed by atoms with Gasteiger partial charge in [-0.15, -0.1) is 6.58 Å². The molecular weight excluding hydrogens is 228 g/mol. The molecule has 1 rings (SSSR count). The van der Waals surface area contributed by atoms with Crippen molar-refractivity contribution in [2.75, 3.05) is 13.7 Å². The van der Waals surface area contributed by atoms with Gasteiger partial charge in [0.15, 0.2) is 0 Å². The molecular formula is C15H18O3. The number of carbonyl (C=O) groups excluding carboxylic acids is 1. The van der Waals surface area contributed by atoms with Crippen LogP contribution in [0.25, 0.3) is 6.08 Å². The summed E-state index contributed by atoms with van der Waals surface area (Å²) < 4.78 is 10.1. The van der Waals surface area contributed by atoms with Gasteiger partial charge in [-0.2, -0.15) is 0 Å². The van der Waals surface area contributed by atoms with E-state index in [9.17, 15) is 4.79 Å². The van der Waals surface area contributed by atoms with Crippen molar-refractivity contribution in [3.05, 3.63) is 48.1 Å². The van der Waals surface area contributed by atoms with Crippen LogP contribution in [0.15, 0.2) is 42.5 Å². The van der Waals surface area contributed by atoms with Crippen molar-refractivity contribution in [2.45, 2.75) is 13.3 Å². The first-order chi connectivity index (χ1) is 8.71. The Labute approximate surface area is 108 Å². The minimum Gasteiger partial charge on any atom is -0.497 e. The molecule has 0 aliphatic rings. The molecule has 0 saturated heterocycles. The lowest BCUT2D eigenvalue weighted by molar-refractivity contribution is -0.138. The SMILES string of the molecule is C=CC/C(=C\c1ccc(OC)cc1)C(=O)OCC. The van der Waals surface area contributed by atoms with Gasteiger partial charge in [0.05, 0.1) is 13.7 Å². The Kier molecular flexibility index (Phi) is 5.71. The lowest BCUT2D eigenvalue weighted by Crippen LogP contribution is -2.07. The summed E-state index contributed by atoms with van der Waals surface area (Å²) in [5.41, 5.74) is 1.53. The van der Waals surface area contributed by atoms with Gasteiger partial charge in [0, 0.05) is 5.57 Å². The average molecular weight is 246 g/mol. The van der Waals surface area contributed by atoms with Crippen LogP contribution in [0.5, 0.6) is 5.75 Å². The van der Waals surface area contributed by atoms with E-state index >= 15 is 0 Å². The van der Waals surface area contributed by atoms with Gasteiger partial charge in [-0.25, -0.2) is 4.79 Å². The number of rotatable bonds is 6. The van der Waals surface area contributed by atoms with Gasteiger partial charge >= 0.3 is 5.97 Å². The van der Waals surface area contributed by atoms with Gasteiger partial charge < -0.3 is 9.47 Å². The fourth-order valence-electron chi connectivity index (χ4n) is 1.48. The largest absolute Gasteiger partial charge is 0.497 e. The topological polar surface area (TPSA) is 35.5 Å². The first-order valence-electron chi connectivity index (χ1n) is 5.84. The summed E-state index contributed by atoms with van der Waals surface area (Å²) in [6.07, 6.45) is 3.98. The highest BCUT2D eigenvalue weighted by Gasteiger charge is 2.08. The number of hydrogen-bond donors (Lipinski definition) is 0. The molecule has 3 heteroatoms. The summed E-state index contributed by atoms with van der Waals surface area (Å²) in [6, 6.07) is 7.48. The number of ether oxygens (including phenoxy) is 2. The summed E-state index contributed by atoms with van der Waals surface area (Å²) >= 11 is 0. The van der Waals surface area contributed by atoms with Gasteiger partial charge in [0.25, 0.3) is 0 Å². The monoisotopic (exact) mass is 246 g/mol. The number of hydrogen-bond acceptors (Lipinski definition) is 3. The molecule has 0 aromatic heterocycles. The second-order valence-electron chi connectivity index (χ2n) is 3.66. The normalized spacial score (nSPS) is 10.9. The van der Waals surface area contributed by atoms with Crippen LogP contribution in [0.3, 0.4) is 0 Å². The molecule has 0 bridgehead atoms. The molecule has 0 N–H and O–H groups in total. The minimum absolute atomic E-state index is 0.298. The van der Waals surface area contributed by atoms with Crippen LogP contribution in [0.1, 0.15) is 18.9 Å². The molecule has 18 heavy (non-hydrogen) atoms. The lowest BCUT2D eigenvalue weighted by Gasteiger charge is -2.05. The third-order valence-corrected chi connectivity index (χ3v) is 2.36. The van der Waals surface area contributed by atoms with Gasteiger partial charge in [0.2, 0.25) is 0 Å². The molecule has 0 unspecified atom stereocenters. The average Bonchev–Trinajstić information content (AvgIpc) is 2.39. The molecule has 3 nitrogen and oxygen atoms in total. The Bertz CT molecular complexity index is 430. The second-order valence-corrected chi connectivity index (χ2v) is 3.66. The Morgan fingerprint density at radius 2 is 2.00 bits per heavy atom. The summed E-state index contributed by atoms with van der Waals surface area (Å²) in [5, 5.41) is 0. The van der Waals surface area contributed by atoms with E-state index in [1.165, 1.54) is 0 Å². The third kappa shape index (κ3) is 4.09. The van der Waals surface area contributed by atoms with Crippen molar-refractivity contribution >= 4 is 12.0 Å². The fourth-order valence-corrected chi connectivity index (χ4v) is 1.48. The smallest absolute Gasteiger partial charge is 0.334 e. The number of allylic oxidation sites excluding steroid dienone is 1. The van der Waals surface area contributed by atoms with Gasteiger partial charge in [-0.1, -0.05) is 18.2 Å². The molecule has 0 amide bonds. The van der Waals surface area contributed by atoms with Crippen LogP contribution in [0.4, 0.5) is 0 Å². The molecule has 0 fully saturated rings. The molecule has 0 heterocycles. The molecule has 1 aromatic carbocycles. The van der Waals surface area contributed by atoms with Crippen LogP contribution < -0.4 is 4.74 Å². The number of methoxy groups -OCH3 is 1. The summed E-state index contributed by atoms with van der Waals surface area (Å²) in [4.78, 5) is 11.7. The van der Waals surface area contributed by atoms with E-state index in [-0.39, 0.29) is 5.97 Å². The zero-order valence-corrected chi connectivity index (χ0v) is 10.8. The number of carbonyl (C=O) groups is 1. The molecule has 0 aliphatic carbocycles. The third-order valence-electron chi connectivity index (χ3n) is 2.36. The van der Waals surface area contributed by atoms with Crippen molar-refractivity contribution in [3.63, 3.8) is 0 Å². The van der Waals surface area contributed by atoms with E-state index in [1.807, 2.05) is 24.3 Å². The van der Waals surface area contributed by atoms with Gasteiger partial charge in [0.1, 0.15) is 5.75 Å². The van der Waals surface area contributed by atoms with Crippen LogP contribution >= 0.6 is 0 Å². The summed E-state index contributed by atoms with van der Waals surface area (Å²) in [6.45, 7) is 5.80. The van der Waals surface area contributed by atoms with Crippen molar-refractivity contribution in [2.24, 2.45) is 0 Å². The highest BCUT2D eigenvalue weighted by atomic mass is 16.5. The highest BCUT2D eigenvalue weighted by Crippen LogP contribution is 2.16. The van der Waals surface area contributed by atoms with E-state index in [2.05, 4.69) is 6.58 Å². The molecule has 96 valence electrons. The molecule has 0 atom stereocenters. The summed E-state index contributed by atoms with van der Waals surface area (Å²) in [7, 11) is 1.62. The van der Waals surface area contributed by atoms with Crippen LogP contribution in [0.2, 0.25) is 0 Å². The maximum atomic E-state index is 11.7. The first kappa shape index (κ1) is 14.0. The minimum atomic E-state index is -0.298. The number of benzene rings is 1. The molecule has 0 aliphatic heterocycles. The zero-order valence-electron chi connectivity index (χ0n) is 10.8. The predicted octanol–water partition coefficient (Wildman–Crippen LogP) is 3.22. The second kappa shape index (κ2) is 7.33. The summed E-state index contributed by atoms with van der Waals surface area (Å²) in [5.74, 6) is 0.488. The molecule has 0 radical (unpaired) electrons. The zero-order chi connectivity index (χ0) is 13.4. The molecule has 0 spiro atoms. The standard InChI is InChI=1S/C15H18O3/c1-4-6-13(15(16)18-5-2)11-12-7-9-14(17-3)10-8-12/h4,7-11H,1,5-6H2,2-3H3/b13-11+. The van der Waals surface area contributed by atoms with Crippen LogP contribution in [0, 0.1) is 0 Å². The Morgan fingerprint density at radius 1 is 1.33 bits per heavy atom. The van der Waals surface area contributed by atoms with Crippen molar-refractivity contribution < 1.29 is 14.3 Å². The Balaban J connectivity index is 2.92. The van der Waals surface area contributed by atoms with E-state index in [0.717, 1.165) is 11.3 Å². The Hall–Kier alpha value is -2.03. The molecule has 0 saturated carbocycles. The van der Waals surface area contributed by atoms with E-state index in [0.29, 0.717) is 18.6 Å². The maximum Gasteiger partial charge on any atom is 0.334 e. The lowest BCUT2D eigenvalue weighted by atomic mass is 10.1. The van der Waals surface area contributed by atoms with Gasteiger partial charge in [-0.05, 0) is 37.1 Å². The van der Waals surface area contributed by atoms with Gasteiger partial charge in [-0.3, -0.25) is 0 Å². The molecule has 1 aromatic rings. The highest BCUT2D eigenvalue weighted by molar-refractivity contribution is 5.93. The fraction of sp³-hybridized carbons (Fsp3) is 0.267. The van der Waals surface area contributed by atoms with Crippen LogP contribution in [-0.2, 0) is 9.53 Å². The Morgan fingerprint density at radius 3 is 2.50 bits per heavy atom. The first-order valence-corrected chi connectivity index (χ1v) is 5.84. The van der Waals surface area contributed by atoms with Crippen molar-refractivity contribution in [1.82, 2.24) is 0 Å². The van der Waals surface area contributed by atoms with E-state index < -0.39 is 0 Å².